The number of amides is 1. The van der Waals surface area contributed by atoms with E-state index >= 15 is 0 Å². The van der Waals surface area contributed by atoms with Gasteiger partial charge in [-0.25, -0.2) is 4.68 Å². The lowest BCUT2D eigenvalue weighted by Crippen LogP contribution is -2.23. The number of carbonyl (C=O) groups excluding carboxylic acids is 1. The molecule has 7 nitrogen and oxygen atoms in total. The Morgan fingerprint density at radius 3 is 2.55 bits per heavy atom. The Labute approximate surface area is 181 Å². The molecule has 0 fully saturated rings. The van der Waals surface area contributed by atoms with E-state index in [1.54, 1.807) is 26.4 Å². The smallest absolute Gasteiger partial charge is 0.266 e. The van der Waals surface area contributed by atoms with Gasteiger partial charge >= 0.3 is 0 Å². The third-order valence-electron chi connectivity index (χ3n) is 4.99. The Hall–Kier alpha value is -3.61. The van der Waals surface area contributed by atoms with Crippen molar-refractivity contribution in [3.8, 4) is 22.8 Å². The van der Waals surface area contributed by atoms with Crippen molar-refractivity contribution in [1.29, 1.82) is 0 Å². The molecule has 0 aliphatic heterocycles. The topological polar surface area (TPSA) is 82.5 Å². The Morgan fingerprint density at radius 2 is 1.81 bits per heavy atom. The van der Waals surface area contributed by atoms with E-state index in [-0.39, 0.29) is 11.5 Å². The van der Waals surface area contributed by atoms with E-state index in [2.05, 4.69) is 17.3 Å². The van der Waals surface area contributed by atoms with Gasteiger partial charge in [0.25, 0.3) is 5.56 Å². The summed E-state index contributed by atoms with van der Waals surface area (Å²) in [7, 11) is 3.15. The molecule has 0 saturated carbocycles. The lowest BCUT2D eigenvalue weighted by atomic mass is 10.1. The highest BCUT2D eigenvalue weighted by Gasteiger charge is 2.10. The van der Waals surface area contributed by atoms with Crippen LogP contribution in [0.5, 0.6) is 11.5 Å². The van der Waals surface area contributed by atoms with Gasteiger partial charge in [0.1, 0.15) is 0 Å². The van der Waals surface area contributed by atoms with Crippen LogP contribution in [0.4, 0.5) is 5.69 Å². The van der Waals surface area contributed by atoms with Crippen molar-refractivity contribution in [2.45, 2.75) is 32.7 Å². The normalized spacial score (nSPS) is 10.5. The Kier molecular flexibility index (Phi) is 7.43. The monoisotopic (exact) mass is 421 g/mol. The van der Waals surface area contributed by atoms with Gasteiger partial charge < -0.3 is 14.8 Å². The summed E-state index contributed by atoms with van der Waals surface area (Å²) in [6, 6.07) is 16.4. The number of para-hydroxylation sites is 1. The van der Waals surface area contributed by atoms with Crippen molar-refractivity contribution in [1.82, 2.24) is 9.78 Å². The average Bonchev–Trinajstić information content (AvgIpc) is 2.80. The maximum atomic E-state index is 12.3. The summed E-state index contributed by atoms with van der Waals surface area (Å²) < 4.78 is 12.0. The van der Waals surface area contributed by atoms with Crippen molar-refractivity contribution < 1.29 is 14.3 Å². The number of carbonyl (C=O) groups is 1. The van der Waals surface area contributed by atoms with Crippen LogP contribution in [-0.4, -0.2) is 29.9 Å². The first kappa shape index (κ1) is 22.1. The van der Waals surface area contributed by atoms with Crippen LogP contribution >= 0.6 is 0 Å². The van der Waals surface area contributed by atoms with E-state index in [1.807, 2.05) is 36.4 Å². The predicted octanol–water partition coefficient (Wildman–Crippen LogP) is 3.91. The van der Waals surface area contributed by atoms with Crippen LogP contribution in [0.3, 0.4) is 0 Å². The lowest BCUT2D eigenvalue weighted by molar-refractivity contribution is -0.116. The van der Waals surface area contributed by atoms with Crippen molar-refractivity contribution in [2.75, 3.05) is 19.5 Å². The first-order valence-electron chi connectivity index (χ1n) is 10.2. The zero-order valence-corrected chi connectivity index (χ0v) is 18.1. The van der Waals surface area contributed by atoms with E-state index < -0.39 is 0 Å². The summed E-state index contributed by atoms with van der Waals surface area (Å²) in [5.41, 5.74) is 3.17. The number of methoxy groups -OCH3 is 2. The van der Waals surface area contributed by atoms with Crippen LogP contribution in [0.2, 0.25) is 0 Å². The number of aryl methyl sites for hydroxylation is 2. The number of ether oxygens (including phenoxy) is 2. The van der Waals surface area contributed by atoms with Crippen molar-refractivity contribution in [3.63, 3.8) is 0 Å². The van der Waals surface area contributed by atoms with E-state index in [0.29, 0.717) is 36.6 Å². The molecule has 2 aromatic carbocycles. The first-order valence-corrected chi connectivity index (χ1v) is 10.2. The Morgan fingerprint density at radius 1 is 1.03 bits per heavy atom. The second-order valence-electron chi connectivity index (χ2n) is 7.01. The fourth-order valence-electron chi connectivity index (χ4n) is 3.31. The van der Waals surface area contributed by atoms with Crippen molar-refractivity contribution in [2.24, 2.45) is 0 Å². The molecular weight excluding hydrogens is 394 g/mol. The quantitative estimate of drug-likeness (QED) is 0.566. The highest BCUT2D eigenvalue weighted by molar-refractivity contribution is 5.91. The second-order valence-corrected chi connectivity index (χ2v) is 7.01. The average molecular weight is 421 g/mol. The number of aromatic nitrogens is 2. The van der Waals surface area contributed by atoms with E-state index in [1.165, 1.54) is 10.7 Å². The zero-order valence-electron chi connectivity index (χ0n) is 18.1. The van der Waals surface area contributed by atoms with Crippen molar-refractivity contribution >= 4 is 11.6 Å². The highest BCUT2D eigenvalue weighted by Crippen LogP contribution is 2.31. The minimum atomic E-state index is -0.207. The highest BCUT2D eigenvalue weighted by atomic mass is 16.5. The molecule has 0 aliphatic rings. The van der Waals surface area contributed by atoms with Crippen LogP contribution < -0.4 is 20.3 Å². The maximum absolute atomic E-state index is 12.3. The van der Waals surface area contributed by atoms with Gasteiger partial charge in [-0.1, -0.05) is 25.1 Å². The predicted molar refractivity (Wildman–Crippen MR) is 121 cm³/mol. The number of benzene rings is 2. The molecular formula is C24H27N3O4. The van der Waals surface area contributed by atoms with Gasteiger partial charge in [0.05, 0.1) is 19.9 Å². The van der Waals surface area contributed by atoms with Gasteiger partial charge in [0, 0.05) is 30.3 Å². The van der Waals surface area contributed by atoms with Gasteiger partial charge in [0.2, 0.25) is 5.91 Å². The maximum Gasteiger partial charge on any atom is 0.266 e. The van der Waals surface area contributed by atoms with Crippen molar-refractivity contribution in [3.05, 3.63) is 70.5 Å². The second kappa shape index (κ2) is 10.4. The SMILES string of the molecule is CCc1ccccc1NC(=O)CCCn1nc(-c2ccc(OC)c(OC)c2)ccc1=O. The fraction of sp³-hybridized carbons (Fsp3) is 0.292. The summed E-state index contributed by atoms with van der Waals surface area (Å²) in [6.07, 6.45) is 1.65. The molecule has 0 aliphatic carbocycles. The summed E-state index contributed by atoms with van der Waals surface area (Å²) in [5.74, 6) is 1.13. The number of hydrogen-bond acceptors (Lipinski definition) is 5. The molecule has 0 atom stereocenters. The molecule has 0 bridgehead atoms. The number of rotatable bonds is 9. The minimum absolute atomic E-state index is 0.0787. The largest absolute Gasteiger partial charge is 0.493 e. The first-order chi connectivity index (χ1) is 15.0. The lowest BCUT2D eigenvalue weighted by Gasteiger charge is -2.11. The van der Waals surface area contributed by atoms with Crippen LogP contribution in [-0.2, 0) is 17.8 Å². The molecule has 1 amide bonds. The molecule has 0 spiro atoms. The third-order valence-corrected chi connectivity index (χ3v) is 4.99. The Bertz CT molecular complexity index is 1110. The van der Waals surface area contributed by atoms with Gasteiger partial charge in [0.15, 0.2) is 11.5 Å². The molecule has 0 saturated heterocycles. The molecule has 3 rings (SSSR count). The molecule has 7 heteroatoms. The van der Waals surface area contributed by atoms with E-state index in [0.717, 1.165) is 23.2 Å². The summed E-state index contributed by atoms with van der Waals surface area (Å²) in [5, 5.41) is 7.41. The van der Waals surface area contributed by atoms with Crippen LogP contribution in [0, 0.1) is 0 Å². The molecule has 0 unspecified atom stereocenters. The van der Waals surface area contributed by atoms with Crippen LogP contribution in [0.25, 0.3) is 11.3 Å². The third kappa shape index (κ3) is 5.51. The molecule has 0 radical (unpaired) electrons. The van der Waals surface area contributed by atoms with Crippen LogP contribution in [0.15, 0.2) is 59.4 Å². The van der Waals surface area contributed by atoms with E-state index in [4.69, 9.17) is 9.47 Å². The number of nitrogens with one attached hydrogen (secondary N) is 1. The molecule has 1 N–H and O–H groups in total. The minimum Gasteiger partial charge on any atom is -0.493 e. The number of anilines is 1. The van der Waals surface area contributed by atoms with Gasteiger partial charge in [-0.05, 0) is 48.7 Å². The Balaban J connectivity index is 1.66. The molecule has 1 aromatic heterocycles. The summed E-state index contributed by atoms with van der Waals surface area (Å²) in [6.45, 7) is 2.40. The summed E-state index contributed by atoms with van der Waals surface area (Å²) >= 11 is 0. The van der Waals surface area contributed by atoms with Gasteiger partial charge in [-0.2, -0.15) is 5.10 Å². The van der Waals surface area contributed by atoms with E-state index in [9.17, 15) is 9.59 Å². The fourth-order valence-corrected chi connectivity index (χ4v) is 3.31. The standard InChI is InChI=1S/C24H27N3O4/c1-4-17-8-5-6-9-19(17)25-23(28)10-7-15-27-24(29)14-12-20(26-27)18-11-13-21(30-2)22(16-18)31-3/h5-6,8-9,11-14,16H,4,7,10,15H2,1-3H3,(H,25,28). The molecule has 1 heterocycles. The molecule has 31 heavy (non-hydrogen) atoms. The molecule has 3 aromatic rings. The number of hydrogen-bond donors (Lipinski definition) is 1. The van der Waals surface area contributed by atoms with Gasteiger partial charge in [-0.15, -0.1) is 0 Å². The number of nitrogens with zero attached hydrogens (tertiary/aromatic N) is 2. The molecule has 162 valence electrons. The van der Waals surface area contributed by atoms with Crippen LogP contribution in [0.1, 0.15) is 25.3 Å². The zero-order chi connectivity index (χ0) is 22.2. The summed E-state index contributed by atoms with van der Waals surface area (Å²) in [4.78, 5) is 24.6. The van der Waals surface area contributed by atoms with Gasteiger partial charge in [-0.3, -0.25) is 9.59 Å².